The third kappa shape index (κ3) is 5.68. The Balaban J connectivity index is 1.95. The van der Waals surface area contributed by atoms with Gasteiger partial charge in [-0.15, -0.1) is 0 Å². The molecular formula is C19H30N4O3. The van der Waals surface area contributed by atoms with Crippen LogP contribution in [-0.2, 0) is 14.9 Å². The maximum Gasteiger partial charge on any atom is 0.410 e. The van der Waals surface area contributed by atoms with Crippen molar-refractivity contribution < 1.29 is 14.3 Å². The minimum Gasteiger partial charge on any atom is -0.444 e. The lowest BCUT2D eigenvalue weighted by atomic mass is 9.96. The molecule has 1 aliphatic heterocycles. The van der Waals surface area contributed by atoms with E-state index < -0.39 is 5.60 Å². The van der Waals surface area contributed by atoms with E-state index >= 15 is 0 Å². The van der Waals surface area contributed by atoms with Gasteiger partial charge in [-0.25, -0.2) is 14.8 Å². The van der Waals surface area contributed by atoms with Crippen LogP contribution >= 0.6 is 0 Å². The first-order valence-corrected chi connectivity index (χ1v) is 9.07. The first kappa shape index (κ1) is 20.1. The van der Waals surface area contributed by atoms with E-state index in [1.54, 1.807) is 17.3 Å². The van der Waals surface area contributed by atoms with Gasteiger partial charge in [0.2, 0.25) is 5.91 Å². The number of anilines is 1. The summed E-state index contributed by atoms with van der Waals surface area (Å²) in [5.41, 5.74) is -0.115. The second-order valence-electron chi connectivity index (χ2n) is 8.80. The molecule has 1 aromatic heterocycles. The highest BCUT2D eigenvalue weighted by Gasteiger charge is 2.31. The van der Waals surface area contributed by atoms with Crippen LogP contribution in [0, 0.1) is 5.92 Å². The van der Waals surface area contributed by atoms with Gasteiger partial charge < -0.3 is 15.0 Å². The lowest BCUT2D eigenvalue weighted by Gasteiger charge is -2.33. The molecule has 2 rings (SSSR count). The number of ether oxygens (including phenoxy) is 1. The SMILES string of the molecule is CC(C)(C)OC(=O)N1CCC[C@H](C(=O)Nc2cnc(C(C)(C)C)nc2)C1. The minimum absolute atomic E-state index is 0.120. The second-order valence-corrected chi connectivity index (χ2v) is 8.80. The number of rotatable bonds is 2. The van der Waals surface area contributed by atoms with Crippen LogP contribution in [0.5, 0.6) is 0 Å². The van der Waals surface area contributed by atoms with Crippen molar-refractivity contribution in [1.82, 2.24) is 14.9 Å². The standard InChI is InChI=1S/C19H30N4O3/c1-18(2,3)16-20-10-14(11-21-16)22-15(24)13-8-7-9-23(12-13)17(25)26-19(4,5)6/h10-11,13H,7-9,12H2,1-6H3,(H,22,24)/t13-/m0/s1. The van der Waals surface area contributed by atoms with E-state index in [9.17, 15) is 9.59 Å². The van der Waals surface area contributed by atoms with E-state index in [-0.39, 0.29) is 23.3 Å². The molecule has 2 heterocycles. The molecule has 7 nitrogen and oxygen atoms in total. The van der Waals surface area contributed by atoms with Gasteiger partial charge in [0.05, 0.1) is 24.0 Å². The van der Waals surface area contributed by atoms with Gasteiger partial charge in [0.15, 0.2) is 0 Å². The van der Waals surface area contributed by atoms with E-state index in [0.29, 0.717) is 18.8 Å². The number of aromatic nitrogens is 2. The molecule has 1 fully saturated rings. The molecule has 1 atom stereocenters. The highest BCUT2D eigenvalue weighted by atomic mass is 16.6. The topological polar surface area (TPSA) is 84.4 Å². The number of carbonyl (C=O) groups excluding carboxylic acids is 2. The number of carbonyl (C=O) groups is 2. The molecule has 1 aliphatic rings. The maximum absolute atomic E-state index is 12.6. The molecule has 1 N–H and O–H groups in total. The van der Waals surface area contributed by atoms with E-state index in [1.807, 2.05) is 41.5 Å². The number of likely N-dealkylation sites (tertiary alicyclic amines) is 1. The highest BCUT2D eigenvalue weighted by molar-refractivity contribution is 5.92. The number of amides is 2. The molecule has 0 spiro atoms. The fraction of sp³-hybridized carbons (Fsp3) is 0.684. The minimum atomic E-state index is -0.543. The van der Waals surface area contributed by atoms with Crippen LogP contribution in [0.4, 0.5) is 10.5 Å². The molecule has 0 aliphatic carbocycles. The monoisotopic (exact) mass is 362 g/mol. The number of nitrogens with one attached hydrogen (secondary N) is 1. The molecule has 0 aromatic carbocycles. The van der Waals surface area contributed by atoms with Crippen molar-refractivity contribution in [2.24, 2.45) is 5.92 Å². The van der Waals surface area contributed by atoms with Crippen molar-refractivity contribution in [3.8, 4) is 0 Å². The molecule has 144 valence electrons. The van der Waals surface area contributed by atoms with Crippen LogP contribution in [0.25, 0.3) is 0 Å². The molecule has 0 saturated carbocycles. The van der Waals surface area contributed by atoms with Crippen LogP contribution in [0.1, 0.15) is 60.2 Å². The first-order chi connectivity index (χ1) is 12.0. The smallest absolute Gasteiger partial charge is 0.410 e. The highest BCUT2D eigenvalue weighted by Crippen LogP contribution is 2.22. The predicted octanol–water partition coefficient (Wildman–Crippen LogP) is 3.36. The fourth-order valence-corrected chi connectivity index (χ4v) is 2.71. The van der Waals surface area contributed by atoms with E-state index in [0.717, 1.165) is 18.7 Å². The predicted molar refractivity (Wildman–Crippen MR) is 99.9 cm³/mol. The summed E-state index contributed by atoms with van der Waals surface area (Å²) in [5.74, 6) is 0.341. The molecule has 0 unspecified atom stereocenters. The van der Waals surface area contributed by atoms with Crippen molar-refractivity contribution >= 4 is 17.7 Å². The summed E-state index contributed by atoms with van der Waals surface area (Å²) in [4.78, 5) is 35.0. The summed E-state index contributed by atoms with van der Waals surface area (Å²) in [7, 11) is 0. The summed E-state index contributed by atoms with van der Waals surface area (Å²) < 4.78 is 5.40. The Morgan fingerprint density at radius 1 is 1.15 bits per heavy atom. The van der Waals surface area contributed by atoms with Gasteiger partial charge in [0.25, 0.3) is 0 Å². The van der Waals surface area contributed by atoms with E-state index in [2.05, 4.69) is 15.3 Å². The molecule has 0 bridgehead atoms. The second kappa shape index (κ2) is 7.60. The molecule has 26 heavy (non-hydrogen) atoms. The Bertz CT molecular complexity index is 644. The summed E-state index contributed by atoms with van der Waals surface area (Å²) in [5, 5.41) is 2.86. The summed E-state index contributed by atoms with van der Waals surface area (Å²) in [6.45, 7) is 12.6. The van der Waals surface area contributed by atoms with Crippen molar-refractivity contribution in [2.75, 3.05) is 18.4 Å². The Morgan fingerprint density at radius 2 is 1.77 bits per heavy atom. The zero-order valence-electron chi connectivity index (χ0n) is 16.6. The van der Waals surface area contributed by atoms with Gasteiger partial charge in [0, 0.05) is 18.5 Å². The number of nitrogens with zero attached hydrogens (tertiary/aromatic N) is 3. The van der Waals surface area contributed by atoms with Gasteiger partial charge in [0.1, 0.15) is 11.4 Å². The van der Waals surface area contributed by atoms with Crippen molar-refractivity contribution in [2.45, 2.75) is 65.4 Å². The Hall–Kier alpha value is -2.18. The maximum atomic E-state index is 12.6. The molecule has 1 aromatic rings. The van der Waals surface area contributed by atoms with Crippen molar-refractivity contribution in [3.63, 3.8) is 0 Å². The van der Waals surface area contributed by atoms with Crippen molar-refractivity contribution in [1.29, 1.82) is 0 Å². The molecular weight excluding hydrogens is 332 g/mol. The average Bonchev–Trinajstić information content (AvgIpc) is 2.53. The number of hydrogen-bond donors (Lipinski definition) is 1. The van der Waals surface area contributed by atoms with Gasteiger partial charge in [-0.2, -0.15) is 0 Å². The van der Waals surface area contributed by atoms with E-state index in [4.69, 9.17) is 4.74 Å². The number of piperidine rings is 1. The molecule has 2 amide bonds. The largest absolute Gasteiger partial charge is 0.444 e. The fourth-order valence-electron chi connectivity index (χ4n) is 2.71. The molecule has 7 heteroatoms. The first-order valence-electron chi connectivity index (χ1n) is 9.07. The normalized spacial score (nSPS) is 18.4. The lowest BCUT2D eigenvalue weighted by molar-refractivity contribution is -0.121. The third-order valence-corrected chi connectivity index (χ3v) is 4.03. The summed E-state index contributed by atoms with van der Waals surface area (Å²) >= 11 is 0. The van der Waals surface area contributed by atoms with Crippen molar-refractivity contribution in [3.05, 3.63) is 18.2 Å². The molecule has 0 radical (unpaired) electrons. The average molecular weight is 362 g/mol. The zero-order valence-corrected chi connectivity index (χ0v) is 16.6. The summed E-state index contributed by atoms with van der Waals surface area (Å²) in [6, 6.07) is 0. The third-order valence-electron chi connectivity index (χ3n) is 4.03. The Labute approximate surface area is 155 Å². The van der Waals surface area contributed by atoms with Crippen LogP contribution in [0.3, 0.4) is 0 Å². The number of hydrogen-bond acceptors (Lipinski definition) is 5. The van der Waals surface area contributed by atoms with Crippen LogP contribution in [0.15, 0.2) is 12.4 Å². The van der Waals surface area contributed by atoms with Gasteiger partial charge in [-0.05, 0) is 33.6 Å². The van der Waals surface area contributed by atoms with Gasteiger partial charge in [-0.3, -0.25) is 4.79 Å². The van der Waals surface area contributed by atoms with Crippen LogP contribution in [0.2, 0.25) is 0 Å². The zero-order chi connectivity index (χ0) is 19.5. The quantitative estimate of drug-likeness (QED) is 0.872. The van der Waals surface area contributed by atoms with E-state index in [1.165, 1.54) is 0 Å². The summed E-state index contributed by atoms with van der Waals surface area (Å²) in [6.07, 6.45) is 4.40. The lowest BCUT2D eigenvalue weighted by Crippen LogP contribution is -2.45. The van der Waals surface area contributed by atoms with Crippen LogP contribution < -0.4 is 5.32 Å². The Kier molecular flexibility index (Phi) is 5.88. The Morgan fingerprint density at radius 3 is 2.31 bits per heavy atom. The molecule has 1 saturated heterocycles. The van der Waals surface area contributed by atoms with Gasteiger partial charge >= 0.3 is 6.09 Å². The van der Waals surface area contributed by atoms with Crippen LogP contribution in [-0.4, -0.2) is 45.6 Å². The van der Waals surface area contributed by atoms with Gasteiger partial charge in [-0.1, -0.05) is 20.8 Å².